The van der Waals surface area contributed by atoms with E-state index >= 15 is 0 Å². The molecular weight excluding hydrogens is 461 g/mol. The first kappa shape index (κ1) is 26.6. The number of rotatable bonds is 10. The Morgan fingerprint density at radius 3 is 2.56 bits per heavy atom. The van der Waals surface area contributed by atoms with E-state index in [0.29, 0.717) is 24.1 Å². The number of hydrogen-bond acceptors (Lipinski definition) is 4. The summed E-state index contributed by atoms with van der Waals surface area (Å²) in [6.45, 7) is 1.53. The molecule has 0 spiro atoms. The third-order valence-electron chi connectivity index (χ3n) is 8.40. The lowest BCUT2D eigenvalue weighted by molar-refractivity contribution is -0.143. The van der Waals surface area contributed by atoms with Gasteiger partial charge in [-0.15, -0.1) is 0 Å². The topological polar surface area (TPSA) is 98.7 Å². The Morgan fingerprint density at radius 2 is 1.83 bits per heavy atom. The van der Waals surface area contributed by atoms with Crippen LogP contribution in [-0.2, 0) is 14.4 Å². The van der Waals surface area contributed by atoms with Crippen molar-refractivity contribution in [2.75, 3.05) is 19.6 Å². The second kappa shape index (κ2) is 12.7. The summed E-state index contributed by atoms with van der Waals surface area (Å²) in [5.74, 6) is -0.409. The number of benzene rings is 1. The van der Waals surface area contributed by atoms with E-state index in [-0.39, 0.29) is 24.8 Å². The molecule has 1 saturated carbocycles. The molecule has 2 saturated heterocycles. The predicted molar refractivity (Wildman–Crippen MR) is 135 cm³/mol. The number of nitrogens with zero attached hydrogens (tertiary/aromatic N) is 1. The van der Waals surface area contributed by atoms with Gasteiger partial charge in [-0.1, -0.05) is 25.0 Å². The standard InChI is InChI=1S/C28H40FN3O4/c29-23-11-9-21(10-12-23)25(17-27(34)35)31-26(33)18-32-15-3-6-22(28(32)36)8-7-19-13-14-30-24(16-19)20-4-1-2-5-20/h9-12,19-20,22,24-25,30H,1-8,13-18H2,(H,31,33)(H,34,35)/t19?,22-,24?,25?/m0/s1. The van der Waals surface area contributed by atoms with E-state index in [1.165, 1.54) is 62.8 Å². The van der Waals surface area contributed by atoms with Crippen LogP contribution in [0.3, 0.4) is 0 Å². The number of amides is 2. The number of hydrogen-bond donors (Lipinski definition) is 3. The molecule has 1 aromatic carbocycles. The Balaban J connectivity index is 1.27. The Bertz CT molecular complexity index is 903. The van der Waals surface area contributed by atoms with Crippen molar-refractivity contribution in [2.24, 2.45) is 17.8 Å². The molecule has 8 heteroatoms. The largest absolute Gasteiger partial charge is 0.481 e. The van der Waals surface area contributed by atoms with Crippen LogP contribution in [0, 0.1) is 23.6 Å². The molecule has 4 rings (SSSR count). The summed E-state index contributed by atoms with van der Waals surface area (Å²) in [5, 5.41) is 15.7. The lowest BCUT2D eigenvalue weighted by Crippen LogP contribution is -2.47. The van der Waals surface area contributed by atoms with E-state index in [1.807, 2.05) is 0 Å². The summed E-state index contributed by atoms with van der Waals surface area (Å²) in [7, 11) is 0. The van der Waals surface area contributed by atoms with Crippen molar-refractivity contribution in [1.82, 2.24) is 15.5 Å². The third kappa shape index (κ3) is 7.28. The molecule has 3 unspecified atom stereocenters. The second-order valence-electron chi connectivity index (χ2n) is 10.9. The van der Waals surface area contributed by atoms with Gasteiger partial charge in [0, 0.05) is 18.5 Å². The second-order valence-corrected chi connectivity index (χ2v) is 10.9. The van der Waals surface area contributed by atoms with E-state index in [1.54, 1.807) is 4.90 Å². The predicted octanol–water partition coefficient (Wildman–Crippen LogP) is 4.03. The molecule has 2 amide bonds. The number of carbonyl (C=O) groups excluding carboxylic acids is 2. The maximum Gasteiger partial charge on any atom is 0.305 e. The number of piperidine rings is 2. The Labute approximate surface area is 213 Å². The summed E-state index contributed by atoms with van der Waals surface area (Å²) in [5.41, 5.74) is 0.521. The molecule has 3 fully saturated rings. The molecule has 198 valence electrons. The Kier molecular flexibility index (Phi) is 9.35. The van der Waals surface area contributed by atoms with Crippen LogP contribution in [-0.4, -0.2) is 53.5 Å². The zero-order valence-corrected chi connectivity index (χ0v) is 21.1. The lowest BCUT2D eigenvalue weighted by Gasteiger charge is -2.36. The van der Waals surface area contributed by atoms with Crippen LogP contribution in [0.1, 0.15) is 82.2 Å². The van der Waals surface area contributed by atoms with E-state index in [2.05, 4.69) is 10.6 Å². The Hall–Kier alpha value is -2.48. The van der Waals surface area contributed by atoms with Crippen LogP contribution >= 0.6 is 0 Å². The lowest BCUT2D eigenvalue weighted by atomic mass is 9.80. The number of carboxylic acids is 1. The van der Waals surface area contributed by atoms with E-state index < -0.39 is 23.7 Å². The first-order valence-electron chi connectivity index (χ1n) is 13.7. The molecule has 36 heavy (non-hydrogen) atoms. The van der Waals surface area contributed by atoms with Gasteiger partial charge >= 0.3 is 5.97 Å². The number of nitrogens with one attached hydrogen (secondary N) is 2. The minimum atomic E-state index is -1.06. The van der Waals surface area contributed by atoms with Crippen molar-refractivity contribution in [2.45, 2.75) is 82.7 Å². The summed E-state index contributed by atoms with van der Waals surface area (Å²) in [6, 6.07) is 5.29. The fraction of sp³-hybridized carbons (Fsp3) is 0.679. The molecule has 7 nitrogen and oxygen atoms in total. The van der Waals surface area contributed by atoms with Gasteiger partial charge in [-0.05, 0) is 87.4 Å². The summed E-state index contributed by atoms with van der Waals surface area (Å²) in [6.07, 6.45) is 11.1. The normalized spacial score (nSPS) is 26.1. The van der Waals surface area contributed by atoms with Crippen molar-refractivity contribution in [3.8, 4) is 0 Å². The van der Waals surface area contributed by atoms with Crippen LogP contribution in [0.25, 0.3) is 0 Å². The molecule has 4 atom stereocenters. The number of halogens is 1. The van der Waals surface area contributed by atoms with Crippen molar-refractivity contribution in [3.05, 3.63) is 35.6 Å². The van der Waals surface area contributed by atoms with Gasteiger partial charge in [-0.3, -0.25) is 14.4 Å². The van der Waals surface area contributed by atoms with Gasteiger partial charge < -0.3 is 20.6 Å². The summed E-state index contributed by atoms with van der Waals surface area (Å²) < 4.78 is 13.3. The fourth-order valence-corrected chi connectivity index (χ4v) is 6.43. The quantitative estimate of drug-likeness (QED) is 0.450. The zero-order valence-electron chi connectivity index (χ0n) is 21.1. The molecular formula is C28H40FN3O4. The SMILES string of the molecule is O=C(O)CC(NC(=O)CN1CCC[C@@H](CCC2CCNC(C3CCCC3)C2)C1=O)c1ccc(F)cc1. The number of carbonyl (C=O) groups is 3. The monoisotopic (exact) mass is 501 g/mol. The highest BCUT2D eigenvalue weighted by molar-refractivity contribution is 5.86. The highest BCUT2D eigenvalue weighted by Gasteiger charge is 2.33. The van der Waals surface area contributed by atoms with Crippen molar-refractivity contribution < 1.29 is 23.9 Å². The zero-order chi connectivity index (χ0) is 25.5. The minimum Gasteiger partial charge on any atom is -0.481 e. The van der Waals surface area contributed by atoms with Crippen LogP contribution in [0.2, 0.25) is 0 Å². The van der Waals surface area contributed by atoms with Gasteiger partial charge in [0.05, 0.1) is 19.0 Å². The van der Waals surface area contributed by atoms with E-state index in [4.69, 9.17) is 0 Å². The van der Waals surface area contributed by atoms with Crippen LogP contribution in [0.4, 0.5) is 4.39 Å². The third-order valence-corrected chi connectivity index (χ3v) is 8.40. The molecule has 2 heterocycles. The summed E-state index contributed by atoms with van der Waals surface area (Å²) in [4.78, 5) is 38.9. The number of carboxylic acid groups (broad SMARTS) is 1. The van der Waals surface area contributed by atoms with Gasteiger partial charge in [-0.25, -0.2) is 4.39 Å². The van der Waals surface area contributed by atoms with Crippen molar-refractivity contribution >= 4 is 17.8 Å². The van der Waals surface area contributed by atoms with Crippen LogP contribution in [0.15, 0.2) is 24.3 Å². The average Bonchev–Trinajstić information content (AvgIpc) is 3.40. The molecule has 0 bridgehead atoms. The van der Waals surface area contributed by atoms with Crippen molar-refractivity contribution in [3.63, 3.8) is 0 Å². The molecule has 1 aromatic rings. The number of likely N-dealkylation sites (tertiary alicyclic amines) is 1. The average molecular weight is 502 g/mol. The molecule has 0 aromatic heterocycles. The van der Waals surface area contributed by atoms with Gasteiger partial charge in [0.2, 0.25) is 11.8 Å². The first-order chi connectivity index (χ1) is 17.4. The van der Waals surface area contributed by atoms with E-state index in [9.17, 15) is 23.9 Å². The minimum absolute atomic E-state index is 0.0363. The molecule has 3 N–H and O–H groups in total. The maximum atomic E-state index is 13.3. The molecule has 2 aliphatic heterocycles. The Morgan fingerprint density at radius 1 is 1.08 bits per heavy atom. The summed E-state index contributed by atoms with van der Waals surface area (Å²) >= 11 is 0. The van der Waals surface area contributed by atoms with Crippen molar-refractivity contribution in [1.29, 1.82) is 0 Å². The van der Waals surface area contributed by atoms with Gasteiger partial charge in [0.1, 0.15) is 5.82 Å². The first-order valence-corrected chi connectivity index (χ1v) is 13.7. The molecule has 1 aliphatic carbocycles. The van der Waals surface area contributed by atoms with Gasteiger partial charge in [0.15, 0.2) is 0 Å². The van der Waals surface area contributed by atoms with Gasteiger partial charge in [0.25, 0.3) is 0 Å². The fourth-order valence-electron chi connectivity index (χ4n) is 6.43. The highest BCUT2D eigenvalue weighted by atomic mass is 19.1. The molecule has 0 radical (unpaired) electrons. The van der Waals surface area contributed by atoms with Crippen LogP contribution in [0.5, 0.6) is 0 Å². The smallest absolute Gasteiger partial charge is 0.305 e. The number of aliphatic carboxylic acids is 1. The molecule has 3 aliphatic rings. The van der Waals surface area contributed by atoms with Crippen LogP contribution < -0.4 is 10.6 Å². The maximum absolute atomic E-state index is 13.3. The van der Waals surface area contributed by atoms with Gasteiger partial charge in [-0.2, -0.15) is 0 Å². The highest BCUT2D eigenvalue weighted by Crippen LogP contribution is 2.35. The van der Waals surface area contributed by atoms with E-state index in [0.717, 1.165) is 38.1 Å².